The number of thioether (sulfide) groups is 1. The molecule has 2 aliphatic rings. The predicted molar refractivity (Wildman–Crippen MR) is 147 cm³/mol. The summed E-state index contributed by atoms with van der Waals surface area (Å²) in [6.07, 6.45) is 4.60. The third-order valence-corrected chi connectivity index (χ3v) is 7.38. The molecule has 2 aromatic carbocycles. The fourth-order valence-electron chi connectivity index (χ4n) is 4.49. The lowest BCUT2D eigenvalue weighted by atomic mass is 10.1. The SMILES string of the molecule is COCCCN1C(=O)/C(=C/c2cn(CC(=O)N3CCOCC3)c3ccccc23)SC1=Nc1ccccc1. The molecule has 2 amide bonds. The van der Waals surface area contributed by atoms with Crippen LogP contribution in [0.3, 0.4) is 0 Å². The molecule has 2 aliphatic heterocycles. The first-order valence-corrected chi connectivity index (χ1v) is 13.2. The van der Waals surface area contributed by atoms with Gasteiger partial charge in [-0.3, -0.25) is 14.5 Å². The van der Waals surface area contributed by atoms with Crippen LogP contribution >= 0.6 is 11.8 Å². The molecule has 1 aromatic heterocycles. The number of benzene rings is 2. The Morgan fingerprint density at radius 1 is 1.11 bits per heavy atom. The van der Waals surface area contributed by atoms with Crippen molar-refractivity contribution in [2.24, 2.45) is 4.99 Å². The largest absolute Gasteiger partial charge is 0.385 e. The zero-order valence-electron chi connectivity index (χ0n) is 20.8. The summed E-state index contributed by atoms with van der Waals surface area (Å²) in [4.78, 5) is 35.3. The van der Waals surface area contributed by atoms with Gasteiger partial charge in [-0.1, -0.05) is 36.4 Å². The van der Waals surface area contributed by atoms with Crippen LogP contribution in [0.1, 0.15) is 12.0 Å². The van der Waals surface area contributed by atoms with Gasteiger partial charge in [0.25, 0.3) is 5.91 Å². The second-order valence-corrected chi connectivity index (χ2v) is 9.88. The lowest BCUT2D eigenvalue weighted by molar-refractivity contribution is -0.135. The summed E-state index contributed by atoms with van der Waals surface area (Å²) in [6, 6.07) is 17.6. The van der Waals surface area contributed by atoms with Gasteiger partial charge < -0.3 is 18.9 Å². The summed E-state index contributed by atoms with van der Waals surface area (Å²) in [5.74, 6) is -0.00631. The lowest BCUT2D eigenvalue weighted by Crippen LogP contribution is -2.42. The van der Waals surface area contributed by atoms with Crippen LogP contribution in [0.5, 0.6) is 0 Å². The van der Waals surface area contributed by atoms with Crippen molar-refractivity contribution in [2.45, 2.75) is 13.0 Å². The molecule has 0 atom stereocenters. The number of hydrogen-bond donors (Lipinski definition) is 0. The number of hydrogen-bond acceptors (Lipinski definition) is 6. The molecule has 0 aliphatic carbocycles. The minimum atomic E-state index is -0.0722. The van der Waals surface area contributed by atoms with Crippen LogP contribution < -0.4 is 0 Å². The highest BCUT2D eigenvalue weighted by Gasteiger charge is 2.33. The summed E-state index contributed by atoms with van der Waals surface area (Å²) in [7, 11) is 1.66. The molecule has 0 N–H and O–H groups in total. The highest BCUT2D eigenvalue weighted by molar-refractivity contribution is 8.18. The van der Waals surface area contributed by atoms with Gasteiger partial charge in [-0.05, 0) is 42.5 Å². The molecule has 3 heterocycles. The molecule has 37 heavy (non-hydrogen) atoms. The van der Waals surface area contributed by atoms with E-state index in [1.54, 1.807) is 12.0 Å². The van der Waals surface area contributed by atoms with Crippen molar-refractivity contribution in [1.29, 1.82) is 0 Å². The van der Waals surface area contributed by atoms with Crippen LogP contribution in [-0.2, 0) is 25.6 Å². The van der Waals surface area contributed by atoms with E-state index in [1.165, 1.54) is 11.8 Å². The fourth-order valence-corrected chi connectivity index (χ4v) is 5.50. The fraction of sp³-hybridized carbons (Fsp3) is 0.321. The zero-order valence-corrected chi connectivity index (χ0v) is 21.7. The highest BCUT2D eigenvalue weighted by Crippen LogP contribution is 2.35. The number of methoxy groups -OCH3 is 1. The van der Waals surface area contributed by atoms with E-state index >= 15 is 0 Å². The summed E-state index contributed by atoms with van der Waals surface area (Å²) in [6.45, 7) is 3.71. The van der Waals surface area contributed by atoms with Gasteiger partial charge in [0.05, 0.1) is 23.8 Å². The number of carbonyl (C=O) groups is 2. The second kappa shape index (κ2) is 11.8. The molecule has 2 saturated heterocycles. The van der Waals surface area contributed by atoms with E-state index in [-0.39, 0.29) is 18.4 Å². The first-order chi connectivity index (χ1) is 18.1. The van der Waals surface area contributed by atoms with Gasteiger partial charge in [0.15, 0.2) is 5.17 Å². The third-order valence-electron chi connectivity index (χ3n) is 6.37. The van der Waals surface area contributed by atoms with Crippen LogP contribution in [0, 0.1) is 0 Å². The van der Waals surface area contributed by atoms with Gasteiger partial charge >= 0.3 is 0 Å². The third kappa shape index (κ3) is 5.79. The Labute approximate surface area is 220 Å². The summed E-state index contributed by atoms with van der Waals surface area (Å²) < 4.78 is 12.6. The second-order valence-electron chi connectivity index (χ2n) is 8.87. The van der Waals surface area contributed by atoms with Gasteiger partial charge in [0.1, 0.15) is 6.54 Å². The molecule has 2 fully saturated rings. The van der Waals surface area contributed by atoms with Crippen LogP contribution in [0.2, 0.25) is 0 Å². The molecule has 5 rings (SSSR count). The van der Waals surface area contributed by atoms with Crippen LogP contribution in [0.25, 0.3) is 17.0 Å². The zero-order chi connectivity index (χ0) is 25.6. The average Bonchev–Trinajstić information content (AvgIpc) is 3.42. The van der Waals surface area contributed by atoms with Gasteiger partial charge in [0, 0.05) is 56.0 Å². The van der Waals surface area contributed by atoms with Crippen molar-refractivity contribution in [3.8, 4) is 0 Å². The number of nitrogens with zero attached hydrogens (tertiary/aromatic N) is 4. The smallest absolute Gasteiger partial charge is 0.266 e. The Kier molecular flexibility index (Phi) is 8.03. The quantitative estimate of drug-likeness (QED) is 0.331. The van der Waals surface area contributed by atoms with E-state index in [9.17, 15) is 9.59 Å². The van der Waals surface area contributed by atoms with Crippen LogP contribution in [0.4, 0.5) is 5.69 Å². The number of aromatic nitrogens is 1. The molecule has 0 bridgehead atoms. The van der Waals surface area contributed by atoms with E-state index in [1.807, 2.05) is 76.3 Å². The van der Waals surface area contributed by atoms with E-state index in [0.29, 0.717) is 55.9 Å². The number of fused-ring (bicyclic) bond motifs is 1. The van der Waals surface area contributed by atoms with E-state index in [0.717, 1.165) is 22.2 Å². The normalized spacial score (nSPS) is 18.5. The molecule has 9 heteroatoms. The van der Waals surface area contributed by atoms with Crippen LogP contribution in [-0.4, -0.2) is 77.9 Å². The van der Waals surface area contributed by atoms with E-state index < -0.39 is 0 Å². The molecular weight excluding hydrogens is 488 g/mol. The monoisotopic (exact) mass is 518 g/mol. The number of carbonyl (C=O) groups excluding carboxylic acids is 2. The van der Waals surface area contributed by atoms with Crippen molar-refractivity contribution in [2.75, 3.05) is 46.6 Å². The Morgan fingerprint density at radius 3 is 2.65 bits per heavy atom. The molecule has 0 spiro atoms. The Morgan fingerprint density at radius 2 is 1.86 bits per heavy atom. The van der Waals surface area contributed by atoms with Crippen molar-refractivity contribution in [3.05, 3.63) is 71.3 Å². The van der Waals surface area contributed by atoms with Crippen molar-refractivity contribution in [1.82, 2.24) is 14.4 Å². The number of para-hydroxylation sites is 2. The topological polar surface area (TPSA) is 76.4 Å². The van der Waals surface area contributed by atoms with Crippen molar-refractivity contribution >= 4 is 51.4 Å². The maximum Gasteiger partial charge on any atom is 0.266 e. The number of morpholine rings is 1. The number of amides is 2. The summed E-state index contributed by atoms with van der Waals surface area (Å²) in [5.41, 5.74) is 2.66. The number of rotatable bonds is 8. The molecule has 192 valence electrons. The Hall–Kier alpha value is -3.40. The molecule has 8 nitrogen and oxygen atoms in total. The van der Waals surface area contributed by atoms with Gasteiger partial charge in [-0.25, -0.2) is 4.99 Å². The number of amidine groups is 1. The van der Waals surface area contributed by atoms with Crippen LogP contribution in [0.15, 0.2) is 70.7 Å². The Balaban J connectivity index is 1.45. The standard InChI is InChI=1S/C28H30N4O4S/c1-35-15-7-12-32-27(34)25(37-28(32)29-22-8-3-2-4-9-22)18-21-19-31(24-11-6-5-10-23(21)24)20-26(33)30-13-16-36-17-14-30/h2-6,8-11,18-19H,7,12-17,20H2,1H3/b25-18-,29-28?. The Bertz CT molecular complexity index is 1330. The molecule has 0 unspecified atom stereocenters. The molecule has 0 saturated carbocycles. The number of ether oxygens (including phenoxy) is 2. The maximum absolute atomic E-state index is 13.5. The molecule has 0 radical (unpaired) electrons. The average molecular weight is 519 g/mol. The first kappa shape index (κ1) is 25.3. The van der Waals surface area contributed by atoms with E-state index in [4.69, 9.17) is 14.5 Å². The first-order valence-electron chi connectivity index (χ1n) is 12.4. The molecular formula is C28H30N4O4S. The predicted octanol–water partition coefficient (Wildman–Crippen LogP) is 4.14. The molecule has 3 aromatic rings. The van der Waals surface area contributed by atoms with Crippen molar-refractivity contribution in [3.63, 3.8) is 0 Å². The highest BCUT2D eigenvalue weighted by atomic mass is 32.2. The van der Waals surface area contributed by atoms with Crippen molar-refractivity contribution < 1.29 is 19.1 Å². The maximum atomic E-state index is 13.5. The lowest BCUT2D eigenvalue weighted by Gasteiger charge is -2.27. The van der Waals surface area contributed by atoms with Gasteiger partial charge in [-0.2, -0.15) is 0 Å². The van der Waals surface area contributed by atoms with E-state index in [2.05, 4.69) is 0 Å². The number of aliphatic imine (C=N–C) groups is 1. The summed E-state index contributed by atoms with van der Waals surface area (Å²) >= 11 is 1.38. The van der Waals surface area contributed by atoms with Gasteiger partial charge in [-0.15, -0.1) is 0 Å². The summed E-state index contributed by atoms with van der Waals surface area (Å²) in [5, 5.41) is 1.65. The minimum Gasteiger partial charge on any atom is -0.385 e. The van der Waals surface area contributed by atoms with Gasteiger partial charge in [0.2, 0.25) is 5.91 Å². The minimum absolute atomic E-state index is 0.0659.